The maximum absolute atomic E-state index is 12.4. The van der Waals surface area contributed by atoms with Gasteiger partial charge in [0.1, 0.15) is 0 Å². The van der Waals surface area contributed by atoms with Crippen molar-refractivity contribution >= 4 is 44.3 Å². The molecule has 0 radical (unpaired) electrons. The van der Waals surface area contributed by atoms with E-state index in [0.717, 1.165) is 32.4 Å². The van der Waals surface area contributed by atoms with Gasteiger partial charge >= 0.3 is 0 Å². The molecule has 0 N–H and O–H groups in total. The van der Waals surface area contributed by atoms with Crippen LogP contribution < -0.4 is 0 Å². The van der Waals surface area contributed by atoms with Crippen LogP contribution in [0.3, 0.4) is 0 Å². The zero-order valence-corrected chi connectivity index (χ0v) is 13.6. The fourth-order valence-electron chi connectivity index (χ4n) is 2.43. The van der Waals surface area contributed by atoms with E-state index in [1.807, 2.05) is 18.2 Å². The van der Waals surface area contributed by atoms with Crippen LogP contribution in [-0.2, 0) is 0 Å². The van der Waals surface area contributed by atoms with Gasteiger partial charge in [-0.1, -0.05) is 35.7 Å². The summed E-state index contributed by atoms with van der Waals surface area (Å²) in [6, 6.07) is 5.98. The zero-order valence-electron chi connectivity index (χ0n) is 9.88. The normalized spacial score (nSPS) is 24.6. The molecule has 1 aliphatic carbocycles. The smallest absolute Gasteiger partial charge is 0.167 e. The molecule has 1 aromatic carbocycles. The highest BCUT2D eigenvalue weighted by molar-refractivity contribution is 14.1. The predicted molar refractivity (Wildman–Crippen MR) is 82.3 cm³/mol. The highest BCUT2D eigenvalue weighted by Crippen LogP contribution is 2.32. The fraction of sp³-hybridized carbons (Fsp3) is 0.500. The van der Waals surface area contributed by atoms with Crippen molar-refractivity contribution < 1.29 is 4.79 Å². The molecule has 0 amide bonds. The number of hydrogen-bond acceptors (Lipinski definition) is 1. The predicted octanol–water partition coefficient (Wildman–Crippen LogP) is 5.06. The van der Waals surface area contributed by atoms with Crippen LogP contribution in [0.1, 0.15) is 43.0 Å². The molecular formula is C14H16BrIO. The first-order valence-electron chi connectivity index (χ1n) is 6.07. The quantitative estimate of drug-likeness (QED) is 0.495. The number of Topliss-reactive ketones (excluding diaryl/α,β-unsaturated/α-hetero) is 1. The van der Waals surface area contributed by atoms with Gasteiger partial charge in [-0.25, -0.2) is 0 Å². The molecule has 0 aromatic heterocycles. The van der Waals surface area contributed by atoms with Crippen LogP contribution >= 0.6 is 38.5 Å². The van der Waals surface area contributed by atoms with Crippen molar-refractivity contribution in [2.24, 2.45) is 11.8 Å². The topological polar surface area (TPSA) is 17.1 Å². The second-order valence-corrected chi connectivity index (χ2v) is 7.05. The van der Waals surface area contributed by atoms with Crippen LogP contribution in [0.4, 0.5) is 0 Å². The van der Waals surface area contributed by atoms with Crippen LogP contribution in [0.25, 0.3) is 0 Å². The van der Waals surface area contributed by atoms with E-state index in [4.69, 9.17) is 0 Å². The Morgan fingerprint density at radius 1 is 1.29 bits per heavy atom. The molecule has 0 bridgehead atoms. The molecule has 2 rings (SSSR count). The van der Waals surface area contributed by atoms with Crippen molar-refractivity contribution in [1.29, 1.82) is 0 Å². The molecule has 0 spiro atoms. The summed E-state index contributed by atoms with van der Waals surface area (Å²) in [4.78, 5) is 12.4. The van der Waals surface area contributed by atoms with Crippen molar-refractivity contribution in [1.82, 2.24) is 0 Å². The summed E-state index contributed by atoms with van der Waals surface area (Å²) in [6.45, 7) is 2.28. The molecule has 1 aromatic rings. The maximum Gasteiger partial charge on any atom is 0.167 e. The average Bonchev–Trinajstić information content (AvgIpc) is 2.32. The Kier molecular flexibility index (Phi) is 4.64. The van der Waals surface area contributed by atoms with Gasteiger partial charge in [0, 0.05) is 19.5 Å². The number of halogens is 2. The zero-order chi connectivity index (χ0) is 12.4. The van der Waals surface area contributed by atoms with Gasteiger partial charge in [0.25, 0.3) is 0 Å². The molecule has 0 unspecified atom stereocenters. The SMILES string of the molecule is CC1CCC(C(=O)c2cc(I)ccc2Br)CC1. The first kappa shape index (κ1) is 13.5. The Labute approximate surface area is 125 Å². The second-order valence-electron chi connectivity index (χ2n) is 4.95. The Bertz CT molecular complexity index is 422. The van der Waals surface area contributed by atoms with Gasteiger partial charge in [-0.05, 0) is 59.5 Å². The van der Waals surface area contributed by atoms with E-state index in [1.165, 1.54) is 12.8 Å². The van der Waals surface area contributed by atoms with E-state index in [0.29, 0.717) is 5.78 Å². The van der Waals surface area contributed by atoms with Crippen LogP contribution in [-0.4, -0.2) is 5.78 Å². The Balaban J connectivity index is 2.16. The maximum atomic E-state index is 12.4. The monoisotopic (exact) mass is 406 g/mol. The first-order valence-corrected chi connectivity index (χ1v) is 7.94. The third kappa shape index (κ3) is 3.31. The summed E-state index contributed by atoms with van der Waals surface area (Å²) in [5.41, 5.74) is 0.858. The summed E-state index contributed by atoms with van der Waals surface area (Å²) in [5, 5.41) is 0. The Hall–Kier alpha value is 0.1000. The molecule has 92 valence electrons. The van der Waals surface area contributed by atoms with Crippen LogP contribution in [0.2, 0.25) is 0 Å². The Morgan fingerprint density at radius 2 is 1.94 bits per heavy atom. The molecular weight excluding hydrogens is 391 g/mol. The van der Waals surface area contributed by atoms with Crippen LogP contribution in [0.5, 0.6) is 0 Å². The van der Waals surface area contributed by atoms with Crippen molar-refractivity contribution in [3.8, 4) is 0 Å². The van der Waals surface area contributed by atoms with E-state index < -0.39 is 0 Å². The third-order valence-corrected chi connectivity index (χ3v) is 4.94. The van der Waals surface area contributed by atoms with E-state index in [9.17, 15) is 4.79 Å². The second kappa shape index (κ2) is 5.83. The molecule has 0 atom stereocenters. The average molecular weight is 407 g/mol. The van der Waals surface area contributed by atoms with Gasteiger partial charge in [0.15, 0.2) is 5.78 Å². The van der Waals surface area contributed by atoms with Crippen molar-refractivity contribution in [3.05, 3.63) is 31.8 Å². The summed E-state index contributed by atoms with van der Waals surface area (Å²) in [7, 11) is 0. The van der Waals surface area contributed by atoms with Gasteiger partial charge in [-0.15, -0.1) is 0 Å². The summed E-state index contributed by atoms with van der Waals surface area (Å²) in [6.07, 6.45) is 4.49. The van der Waals surface area contributed by atoms with Crippen molar-refractivity contribution in [3.63, 3.8) is 0 Å². The molecule has 1 saturated carbocycles. The van der Waals surface area contributed by atoms with Gasteiger partial charge in [0.05, 0.1) is 0 Å². The standard InChI is InChI=1S/C14H16BrIO/c1-9-2-4-10(5-3-9)14(17)12-8-11(16)6-7-13(12)15/h6-10H,2-5H2,1H3. The van der Waals surface area contributed by atoms with E-state index >= 15 is 0 Å². The third-order valence-electron chi connectivity index (χ3n) is 3.58. The fourth-order valence-corrected chi connectivity index (χ4v) is 3.36. The minimum Gasteiger partial charge on any atom is -0.294 e. The van der Waals surface area contributed by atoms with Crippen molar-refractivity contribution in [2.75, 3.05) is 0 Å². The molecule has 3 heteroatoms. The number of ketones is 1. The van der Waals surface area contributed by atoms with E-state index in [1.54, 1.807) is 0 Å². The van der Waals surface area contributed by atoms with Crippen molar-refractivity contribution in [2.45, 2.75) is 32.6 Å². The number of carbonyl (C=O) groups is 1. The first-order chi connectivity index (χ1) is 8.08. The number of carbonyl (C=O) groups excluding carboxylic acids is 1. The lowest BCUT2D eigenvalue weighted by molar-refractivity contribution is 0.0875. The number of rotatable bonds is 2. The minimum absolute atomic E-state index is 0.237. The minimum atomic E-state index is 0.237. The molecule has 0 saturated heterocycles. The summed E-state index contributed by atoms with van der Waals surface area (Å²) < 4.78 is 2.06. The molecule has 1 nitrogen and oxygen atoms in total. The highest BCUT2D eigenvalue weighted by atomic mass is 127. The van der Waals surface area contributed by atoms with Crippen LogP contribution in [0, 0.1) is 15.4 Å². The Morgan fingerprint density at radius 3 is 2.59 bits per heavy atom. The van der Waals surface area contributed by atoms with E-state index in [2.05, 4.69) is 45.4 Å². The van der Waals surface area contributed by atoms with Gasteiger partial charge < -0.3 is 0 Å². The lowest BCUT2D eigenvalue weighted by Gasteiger charge is -2.25. The molecule has 0 aliphatic heterocycles. The summed E-state index contributed by atoms with van der Waals surface area (Å²) >= 11 is 5.74. The molecule has 0 heterocycles. The van der Waals surface area contributed by atoms with Gasteiger partial charge in [0.2, 0.25) is 0 Å². The van der Waals surface area contributed by atoms with E-state index in [-0.39, 0.29) is 5.92 Å². The van der Waals surface area contributed by atoms with Gasteiger partial charge in [-0.3, -0.25) is 4.79 Å². The molecule has 1 fully saturated rings. The lowest BCUT2D eigenvalue weighted by Crippen LogP contribution is -2.21. The largest absolute Gasteiger partial charge is 0.294 e. The highest BCUT2D eigenvalue weighted by Gasteiger charge is 2.26. The number of benzene rings is 1. The van der Waals surface area contributed by atoms with Gasteiger partial charge in [-0.2, -0.15) is 0 Å². The summed E-state index contributed by atoms with van der Waals surface area (Å²) in [5.74, 6) is 1.35. The number of hydrogen-bond donors (Lipinski definition) is 0. The molecule has 1 aliphatic rings. The lowest BCUT2D eigenvalue weighted by atomic mass is 9.79. The van der Waals surface area contributed by atoms with Crippen LogP contribution in [0.15, 0.2) is 22.7 Å². The molecule has 17 heavy (non-hydrogen) atoms.